The molecular formula is C22H20BrNO4S. The van der Waals surface area contributed by atoms with Crippen LogP contribution in [0.15, 0.2) is 82.2 Å². The number of halogens is 1. The van der Waals surface area contributed by atoms with E-state index in [-0.39, 0.29) is 10.6 Å². The van der Waals surface area contributed by atoms with E-state index < -0.39 is 22.5 Å². The highest BCUT2D eigenvalue weighted by Crippen LogP contribution is 2.28. The van der Waals surface area contributed by atoms with E-state index in [0.717, 1.165) is 19.9 Å². The zero-order chi connectivity index (χ0) is 21.0. The molecule has 0 spiro atoms. The van der Waals surface area contributed by atoms with Crippen LogP contribution in [0, 0.1) is 13.8 Å². The molecule has 7 heteroatoms. The van der Waals surface area contributed by atoms with Crippen LogP contribution < -0.4 is 9.04 Å². The number of amides is 1. The van der Waals surface area contributed by atoms with Gasteiger partial charge in [-0.15, -0.1) is 0 Å². The molecule has 0 saturated carbocycles. The van der Waals surface area contributed by atoms with Crippen molar-refractivity contribution in [3.05, 3.63) is 88.4 Å². The van der Waals surface area contributed by atoms with Crippen molar-refractivity contribution in [2.24, 2.45) is 0 Å². The fourth-order valence-corrected chi connectivity index (χ4v) is 5.11. The lowest BCUT2D eigenvalue weighted by atomic mass is 10.1. The third-order valence-corrected chi connectivity index (χ3v) is 6.48. The molecule has 150 valence electrons. The molecule has 0 N–H and O–H groups in total. The zero-order valence-corrected chi connectivity index (χ0v) is 18.4. The third-order valence-electron chi connectivity index (χ3n) is 4.26. The van der Waals surface area contributed by atoms with Gasteiger partial charge in [-0.05, 0) is 61.4 Å². The number of hydrogen-bond acceptors (Lipinski definition) is 4. The Bertz CT molecular complexity index is 1090. The fourth-order valence-electron chi connectivity index (χ4n) is 3.00. The molecule has 0 aliphatic heterocycles. The molecule has 3 rings (SSSR count). The number of anilines is 1. The maximum Gasteiger partial charge on any atom is 0.278 e. The Morgan fingerprint density at radius 2 is 1.45 bits per heavy atom. The highest BCUT2D eigenvalue weighted by atomic mass is 79.9. The summed E-state index contributed by atoms with van der Waals surface area (Å²) in [5.74, 6) is -0.117. The molecule has 29 heavy (non-hydrogen) atoms. The van der Waals surface area contributed by atoms with Crippen molar-refractivity contribution < 1.29 is 17.9 Å². The van der Waals surface area contributed by atoms with Crippen LogP contribution in [0.5, 0.6) is 5.75 Å². The molecule has 0 atom stereocenters. The van der Waals surface area contributed by atoms with Crippen LogP contribution in [0.4, 0.5) is 5.69 Å². The van der Waals surface area contributed by atoms with E-state index in [1.54, 1.807) is 48.5 Å². The standard InChI is InChI=1S/C22H20BrNO4S/c1-16-13-18(23)14-17(2)22(16)28-15-21(25)24(19-9-5-3-6-10-19)29(26,27)20-11-7-4-8-12-20/h3-14H,15H2,1-2H3. The lowest BCUT2D eigenvalue weighted by Gasteiger charge is -2.23. The summed E-state index contributed by atoms with van der Waals surface area (Å²) in [5, 5.41) is 0. The Labute approximate surface area is 179 Å². The SMILES string of the molecule is Cc1cc(Br)cc(C)c1OCC(=O)N(c1ccccc1)S(=O)(=O)c1ccccc1. The van der Waals surface area contributed by atoms with E-state index in [1.165, 1.54) is 12.1 Å². The summed E-state index contributed by atoms with van der Waals surface area (Å²) in [7, 11) is -4.09. The summed E-state index contributed by atoms with van der Waals surface area (Å²) in [4.78, 5) is 13.1. The number of aryl methyl sites for hydroxylation is 2. The largest absolute Gasteiger partial charge is 0.483 e. The van der Waals surface area contributed by atoms with Gasteiger partial charge < -0.3 is 4.74 Å². The third kappa shape index (κ3) is 4.68. The predicted molar refractivity (Wildman–Crippen MR) is 117 cm³/mol. The minimum atomic E-state index is -4.09. The van der Waals surface area contributed by atoms with Gasteiger partial charge in [0.2, 0.25) is 0 Å². The lowest BCUT2D eigenvalue weighted by Crippen LogP contribution is -2.40. The summed E-state index contributed by atoms with van der Waals surface area (Å²) in [5.41, 5.74) is 1.96. The average molecular weight is 474 g/mol. The molecule has 0 saturated heterocycles. The monoisotopic (exact) mass is 473 g/mol. The predicted octanol–water partition coefficient (Wildman–Crippen LogP) is 4.87. The zero-order valence-electron chi connectivity index (χ0n) is 16.0. The van der Waals surface area contributed by atoms with E-state index >= 15 is 0 Å². The van der Waals surface area contributed by atoms with E-state index in [4.69, 9.17) is 4.74 Å². The Morgan fingerprint density at radius 1 is 0.931 bits per heavy atom. The van der Waals surface area contributed by atoms with Crippen LogP contribution in [-0.2, 0) is 14.8 Å². The smallest absolute Gasteiger partial charge is 0.278 e. The lowest BCUT2D eigenvalue weighted by molar-refractivity contribution is -0.119. The molecule has 3 aromatic rings. The van der Waals surface area contributed by atoms with Gasteiger partial charge >= 0.3 is 0 Å². The number of nitrogens with zero attached hydrogens (tertiary/aromatic N) is 1. The molecule has 0 radical (unpaired) electrons. The van der Waals surface area contributed by atoms with Crippen LogP contribution in [0.3, 0.4) is 0 Å². The number of benzene rings is 3. The molecule has 0 aromatic heterocycles. The van der Waals surface area contributed by atoms with Crippen molar-refractivity contribution >= 4 is 37.5 Å². The molecule has 0 aliphatic carbocycles. The van der Waals surface area contributed by atoms with Gasteiger partial charge in [0.05, 0.1) is 10.6 Å². The summed E-state index contributed by atoms with van der Waals surface area (Å²) >= 11 is 3.42. The van der Waals surface area contributed by atoms with Gasteiger partial charge in [-0.3, -0.25) is 4.79 Å². The Balaban J connectivity index is 1.94. The van der Waals surface area contributed by atoms with Crippen molar-refractivity contribution in [3.8, 4) is 5.75 Å². The quantitative estimate of drug-likeness (QED) is 0.512. The first-order valence-electron chi connectivity index (χ1n) is 8.88. The molecular weight excluding hydrogens is 454 g/mol. The highest BCUT2D eigenvalue weighted by Gasteiger charge is 2.31. The number of carbonyl (C=O) groups excluding carboxylic acids is 1. The number of carbonyl (C=O) groups is 1. The minimum absolute atomic E-state index is 0.0354. The summed E-state index contributed by atoms with van der Waals surface area (Å²) < 4.78 is 33.9. The van der Waals surface area contributed by atoms with E-state index in [2.05, 4.69) is 15.9 Å². The van der Waals surface area contributed by atoms with Crippen LogP contribution >= 0.6 is 15.9 Å². The van der Waals surface area contributed by atoms with Crippen LogP contribution in [-0.4, -0.2) is 20.9 Å². The maximum absolute atomic E-state index is 13.2. The Hall–Kier alpha value is -2.64. The number of sulfonamides is 1. The average Bonchev–Trinajstić information content (AvgIpc) is 2.68. The maximum atomic E-state index is 13.2. The first-order valence-corrected chi connectivity index (χ1v) is 11.1. The van der Waals surface area contributed by atoms with Gasteiger partial charge in [0.15, 0.2) is 6.61 Å². The Morgan fingerprint density at radius 3 is 2.00 bits per heavy atom. The van der Waals surface area contributed by atoms with Crippen LogP contribution in [0.25, 0.3) is 0 Å². The second kappa shape index (κ2) is 8.80. The molecule has 3 aromatic carbocycles. The number of para-hydroxylation sites is 1. The normalized spacial score (nSPS) is 11.1. The van der Waals surface area contributed by atoms with Gasteiger partial charge in [0.25, 0.3) is 15.9 Å². The molecule has 0 bridgehead atoms. The number of ether oxygens (including phenoxy) is 1. The molecule has 1 amide bonds. The topological polar surface area (TPSA) is 63.7 Å². The molecule has 0 heterocycles. The first kappa shape index (κ1) is 21.1. The van der Waals surface area contributed by atoms with Gasteiger partial charge in [-0.25, -0.2) is 8.42 Å². The van der Waals surface area contributed by atoms with Gasteiger partial charge in [0.1, 0.15) is 5.75 Å². The van der Waals surface area contributed by atoms with Crippen molar-refractivity contribution in [1.82, 2.24) is 0 Å². The van der Waals surface area contributed by atoms with Crippen LogP contribution in [0.2, 0.25) is 0 Å². The van der Waals surface area contributed by atoms with Crippen molar-refractivity contribution in [3.63, 3.8) is 0 Å². The van der Waals surface area contributed by atoms with E-state index in [1.807, 2.05) is 26.0 Å². The summed E-state index contributed by atoms with van der Waals surface area (Å²) in [6.07, 6.45) is 0. The van der Waals surface area contributed by atoms with Crippen molar-refractivity contribution in [2.45, 2.75) is 18.7 Å². The second-order valence-corrected chi connectivity index (χ2v) is 9.17. The second-order valence-electron chi connectivity index (χ2n) is 6.47. The summed E-state index contributed by atoms with van der Waals surface area (Å²) in [6.45, 7) is 3.32. The van der Waals surface area contributed by atoms with E-state index in [0.29, 0.717) is 5.75 Å². The van der Waals surface area contributed by atoms with Crippen molar-refractivity contribution in [2.75, 3.05) is 10.9 Å². The highest BCUT2D eigenvalue weighted by molar-refractivity contribution is 9.10. The van der Waals surface area contributed by atoms with Gasteiger partial charge in [-0.2, -0.15) is 4.31 Å². The molecule has 0 fully saturated rings. The Kier molecular flexibility index (Phi) is 6.39. The molecule has 0 unspecified atom stereocenters. The summed E-state index contributed by atoms with van der Waals surface area (Å²) in [6, 6.07) is 19.9. The number of rotatable bonds is 6. The van der Waals surface area contributed by atoms with Crippen molar-refractivity contribution in [1.29, 1.82) is 0 Å². The first-order chi connectivity index (χ1) is 13.8. The molecule has 5 nitrogen and oxygen atoms in total. The molecule has 0 aliphatic rings. The van der Waals surface area contributed by atoms with Gasteiger partial charge in [0, 0.05) is 4.47 Å². The van der Waals surface area contributed by atoms with E-state index in [9.17, 15) is 13.2 Å². The van der Waals surface area contributed by atoms with Gasteiger partial charge in [-0.1, -0.05) is 52.3 Å². The minimum Gasteiger partial charge on any atom is -0.483 e. The number of hydrogen-bond donors (Lipinski definition) is 0. The van der Waals surface area contributed by atoms with Crippen LogP contribution in [0.1, 0.15) is 11.1 Å². The fraction of sp³-hybridized carbons (Fsp3) is 0.136.